The largest absolute Gasteiger partial charge is 0.481 e. The molecule has 0 aliphatic rings. The molecule has 0 aliphatic carbocycles. The molecule has 2 N–H and O–H groups in total. The summed E-state index contributed by atoms with van der Waals surface area (Å²) in [6.07, 6.45) is -0.268. The average Bonchev–Trinajstić information content (AvgIpc) is 2.75. The van der Waals surface area contributed by atoms with Crippen molar-refractivity contribution in [2.75, 3.05) is 0 Å². The van der Waals surface area contributed by atoms with Crippen LogP contribution in [0.5, 0.6) is 0 Å². The van der Waals surface area contributed by atoms with Gasteiger partial charge in [-0.15, -0.1) is 0 Å². The predicted molar refractivity (Wildman–Crippen MR) is 66.4 cm³/mol. The SMILES string of the molecule is CC(NC(=O)CCC(=O)O)c1nc(C(C)(C)C)no1. The molecule has 0 aromatic carbocycles. The van der Waals surface area contributed by atoms with Crippen LogP contribution in [0.2, 0.25) is 0 Å². The topological polar surface area (TPSA) is 105 Å². The predicted octanol–water partition coefficient (Wildman–Crippen LogP) is 1.41. The van der Waals surface area contributed by atoms with Crippen molar-refractivity contribution in [3.05, 3.63) is 11.7 Å². The number of nitrogens with one attached hydrogen (secondary N) is 1. The molecular weight excluding hydrogens is 250 g/mol. The van der Waals surface area contributed by atoms with E-state index in [1.807, 2.05) is 20.8 Å². The number of carboxylic acid groups (broad SMARTS) is 1. The second-order valence-electron chi connectivity index (χ2n) is 5.39. The van der Waals surface area contributed by atoms with Crippen molar-refractivity contribution in [2.24, 2.45) is 0 Å². The van der Waals surface area contributed by atoms with E-state index in [4.69, 9.17) is 9.63 Å². The van der Waals surface area contributed by atoms with E-state index in [1.165, 1.54) is 0 Å². The maximum Gasteiger partial charge on any atom is 0.303 e. The molecule has 0 bridgehead atoms. The molecule has 1 amide bonds. The number of hydrogen-bond donors (Lipinski definition) is 2. The molecule has 1 atom stereocenters. The van der Waals surface area contributed by atoms with Gasteiger partial charge in [-0.1, -0.05) is 25.9 Å². The van der Waals surface area contributed by atoms with E-state index in [1.54, 1.807) is 6.92 Å². The zero-order valence-corrected chi connectivity index (χ0v) is 11.6. The van der Waals surface area contributed by atoms with Crippen LogP contribution in [0.3, 0.4) is 0 Å². The zero-order valence-electron chi connectivity index (χ0n) is 11.6. The number of aromatic nitrogens is 2. The number of carbonyl (C=O) groups excluding carboxylic acids is 1. The number of carboxylic acids is 1. The second kappa shape index (κ2) is 5.81. The summed E-state index contributed by atoms with van der Waals surface area (Å²) in [6.45, 7) is 7.58. The van der Waals surface area contributed by atoms with Gasteiger partial charge in [-0.05, 0) is 6.92 Å². The summed E-state index contributed by atoms with van der Waals surface area (Å²) in [6, 6.07) is -0.440. The molecule has 0 aliphatic heterocycles. The molecule has 0 saturated heterocycles. The van der Waals surface area contributed by atoms with Crippen LogP contribution in [0.4, 0.5) is 0 Å². The van der Waals surface area contributed by atoms with Gasteiger partial charge in [0.2, 0.25) is 11.8 Å². The molecule has 1 aromatic heterocycles. The van der Waals surface area contributed by atoms with Gasteiger partial charge in [0.15, 0.2) is 5.82 Å². The molecule has 19 heavy (non-hydrogen) atoms. The van der Waals surface area contributed by atoms with Crippen molar-refractivity contribution < 1.29 is 19.2 Å². The van der Waals surface area contributed by atoms with Gasteiger partial charge < -0.3 is 14.9 Å². The Balaban J connectivity index is 2.58. The number of aliphatic carboxylic acids is 1. The van der Waals surface area contributed by atoms with E-state index < -0.39 is 12.0 Å². The average molecular weight is 269 g/mol. The first-order valence-corrected chi connectivity index (χ1v) is 6.05. The van der Waals surface area contributed by atoms with E-state index in [9.17, 15) is 9.59 Å². The molecule has 1 unspecified atom stereocenters. The van der Waals surface area contributed by atoms with Crippen molar-refractivity contribution >= 4 is 11.9 Å². The van der Waals surface area contributed by atoms with Gasteiger partial charge in [-0.2, -0.15) is 4.98 Å². The first-order valence-electron chi connectivity index (χ1n) is 6.05. The Morgan fingerprint density at radius 3 is 2.47 bits per heavy atom. The lowest BCUT2D eigenvalue weighted by Gasteiger charge is -2.11. The Labute approximate surface area is 111 Å². The third kappa shape index (κ3) is 4.69. The molecule has 0 saturated carbocycles. The number of nitrogens with zero attached hydrogens (tertiary/aromatic N) is 2. The van der Waals surface area contributed by atoms with Crippen LogP contribution in [0, 0.1) is 0 Å². The lowest BCUT2D eigenvalue weighted by atomic mass is 9.96. The molecule has 1 heterocycles. The van der Waals surface area contributed by atoms with Crippen LogP contribution in [-0.2, 0) is 15.0 Å². The summed E-state index contributed by atoms with van der Waals surface area (Å²) >= 11 is 0. The third-order valence-electron chi connectivity index (χ3n) is 2.43. The number of amides is 1. The van der Waals surface area contributed by atoms with Crippen LogP contribution in [0.15, 0.2) is 4.52 Å². The smallest absolute Gasteiger partial charge is 0.303 e. The second-order valence-corrected chi connectivity index (χ2v) is 5.39. The van der Waals surface area contributed by atoms with Crippen LogP contribution in [0.1, 0.15) is 58.3 Å². The molecule has 0 fully saturated rings. The van der Waals surface area contributed by atoms with Crippen LogP contribution < -0.4 is 5.32 Å². The summed E-state index contributed by atoms with van der Waals surface area (Å²) in [4.78, 5) is 26.0. The van der Waals surface area contributed by atoms with Crippen LogP contribution in [-0.4, -0.2) is 27.1 Å². The molecule has 0 spiro atoms. The first kappa shape index (κ1) is 15.1. The maximum atomic E-state index is 11.5. The standard InChI is InChI=1S/C12H19N3O4/c1-7(13-8(16)5-6-9(17)18)10-14-11(15-19-10)12(2,3)4/h7H,5-6H2,1-4H3,(H,13,16)(H,17,18). The van der Waals surface area contributed by atoms with Crippen molar-refractivity contribution in [1.82, 2.24) is 15.5 Å². The van der Waals surface area contributed by atoms with Crippen molar-refractivity contribution in [3.8, 4) is 0 Å². The quantitative estimate of drug-likeness (QED) is 0.837. The molecule has 0 radical (unpaired) electrons. The van der Waals surface area contributed by atoms with Gasteiger partial charge in [-0.3, -0.25) is 9.59 Å². The Morgan fingerprint density at radius 1 is 1.37 bits per heavy atom. The molecule has 1 aromatic rings. The highest BCUT2D eigenvalue weighted by atomic mass is 16.5. The normalized spacial score (nSPS) is 13.1. The Morgan fingerprint density at radius 2 is 2.00 bits per heavy atom. The van der Waals surface area contributed by atoms with E-state index in [-0.39, 0.29) is 24.2 Å². The van der Waals surface area contributed by atoms with Gasteiger partial charge in [0.1, 0.15) is 6.04 Å². The van der Waals surface area contributed by atoms with Gasteiger partial charge in [0, 0.05) is 11.8 Å². The van der Waals surface area contributed by atoms with Crippen molar-refractivity contribution in [2.45, 2.75) is 52.0 Å². The van der Waals surface area contributed by atoms with Gasteiger partial charge >= 0.3 is 5.97 Å². The minimum Gasteiger partial charge on any atom is -0.481 e. The molecule has 7 heteroatoms. The summed E-state index contributed by atoms with van der Waals surface area (Å²) in [7, 11) is 0. The number of hydrogen-bond acceptors (Lipinski definition) is 5. The van der Waals surface area contributed by atoms with E-state index in [0.717, 1.165) is 0 Å². The number of rotatable bonds is 5. The fraction of sp³-hybridized carbons (Fsp3) is 0.667. The van der Waals surface area contributed by atoms with Gasteiger partial charge in [-0.25, -0.2) is 0 Å². The third-order valence-corrected chi connectivity index (χ3v) is 2.43. The Hall–Kier alpha value is -1.92. The fourth-order valence-electron chi connectivity index (χ4n) is 1.31. The highest BCUT2D eigenvalue weighted by Gasteiger charge is 2.23. The van der Waals surface area contributed by atoms with Gasteiger partial charge in [0.25, 0.3) is 0 Å². The summed E-state index contributed by atoms with van der Waals surface area (Å²) < 4.78 is 5.09. The van der Waals surface area contributed by atoms with Crippen molar-refractivity contribution in [3.63, 3.8) is 0 Å². The maximum absolute atomic E-state index is 11.5. The minimum atomic E-state index is -1.00. The fourth-order valence-corrected chi connectivity index (χ4v) is 1.31. The Kier molecular flexibility index (Phi) is 4.63. The van der Waals surface area contributed by atoms with Gasteiger partial charge in [0.05, 0.1) is 6.42 Å². The van der Waals surface area contributed by atoms with Crippen LogP contribution >= 0.6 is 0 Å². The lowest BCUT2D eigenvalue weighted by Crippen LogP contribution is -2.27. The summed E-state index contributed by atoms with van der Waals surface area (Å²) in [5.74, 6) is -0.483. The Bertz CT molecular complexity index is 462. The first-order chi connectivity index (χ1) is 8.70. The zero-order chi connectivity index (χ0) is 14.6. The highest BCUT2D eigenvalue weighted by Crippen LogP contribution is 2.20. The number of carbonyl (C=O) groups is 2. The molecule has 106 valence electrons. The summed E-state index contributed by atoms with van der Waals surface area (Å²) in [5.41, 5.74) is -0.227. The molecule has 1 rings (SSSR count). The molecule has 7 nitrogen and oxygen atoms in total. The lowest BCUT2D eigenvalue weighted by molar-refractivity contribution is -0.138. The minimum absolute atomic E-state index is 0.0695. The van der Waals surface area contributed by atoms with E-state index >= 15 is 0 Å². The van der Waals surface area contributed by atoms with E-state index in [0.29, 0.717) is 11.7 Å². The van der Waals surface area contributed by atoms with E-state index in [2.05, 4.69) is 15.5 Å². The highest BCUT2D eigenvalue weighted by molar-refractivity contribution is 5.80. The summed E-state index contributed by atoms with van der Waals surface area (Å²) in [5, 5.41) is 15.0. The van der Waals surface area contributed by atoms with Crippen LogP contribution in [0.25, 0.3) is 0 Å². The van der Waals surface area contributed by atoms with Crippen molar-refractivity contribution in [1.29, 1.82) is 0 Å². The monoisotopic (exact) mass is 269 g/mol. The molecular formula is C12H19N3O4.